The van der Waals surface area contributed by atoms with Crippen LogP contribution in [-0.2, 0) is 0 Å². The van der Waals surface area contributed by atoms with Crippen LogP contribution in [0.1, 0.15) is 30.1 Å². The van der Waals surface area contributed by atoms with E-state index in [1.165, 1.54) is 25.9 Å². The van der Waals surface area contributed by atoms with Crippen LogP contribution in [0.3, 0.4) is 0 Å². The number of hydrogen-bond donors (Lipinski definition) is 0. The Hall–Kier alpha value is -1.39. The Balaban J connectivity index is 1.49. The zero-order valence-electron chi connectivity index (χ0n) is 12.8. The normalized spacial score (nSPS) is 23.0. The van der Waals surface area contributed by atoms with Gasteiger partial charge in [0.05, 0.1) is 5.56 Å². The summed E-state index contributed by atoms with van der Waals surface area (Å²) in [6.45, 7) is 7.94. The zero-order valence-corrected chi connectivity index (χ0v) is 12.8. The summed E-state index contributed by atoms with van der Waals surface area (Å²) in [4.78, 5) is 16.7. The average Bonchev–Trinajstić information content (AvgIpc) is 2.95. The van der Waals surface area contributed by atoms with Crippen molar-refractivity contribution in [1.82, 2.24) is 9.80 Å². The van der Waals surface area contributed by atoms with Crippen LogP contribution in [0.25, 0.3) is 0 Å². The van der Waals surface area contributed by atoms with E-state index in [-0.39, 0.29) is 5.78 Å². The van der Waals surface area contributed by atoms with Gasteiger partial charge in [-0.15, -0.1) is 0 Å². The molecule has 114 valence electrons. The fourth-order valence-electron chi connectivity index (χ4n) is 3.43. The predicted molar refractivity (Wildman–Crippen MR) is 83.0 cm³/mol. The molecule has 0 bridgehead atoms. The summed E-state index contributed by atoms with van der Waals surface area (Å²) < 4.78 is 5.84. The van der Waals surface area contributed by atoms with E-state index in [9.17, 15) is 4.79 Å². The van der Waals surface area contributed by atoms with Gasteiger partial charge in [0.2, 0.25) is 0 Å². The number of para-hydroxylation sites is 1. The van der Waals surface area contributed by atoms with Gasteiger partial charge in [-0.25, -0.2) is 0 Å². The van der Waals surface area contributed by atoms with E-state index in [0.29, 0.717) is 17.9 Å². The first kappa shape index (κ1) is 14.5. The first-order valence-electron chi connectivity index (χ1n) is 7.93. The summed E-state index contributed by atoms with van der Waals surface area (Å²) in [5.74, 6) is 0.773. The third-order valence-corrected chi connectivity index (χ3v) is 4.60. The van der Waals surface area contributed by atoms with Crippen LogP contribution >= 0.6 is 0 Å². The molecule has 0 aliphatic carbocycles. The number of benzene rings is 1. The van der Waals surface area contributed by atoms with E-state index in [1.54, 1.807) is 6.92 Å². The maximum atomic E-state index is 11.6. The van der Waals surface area contributed by atoms with E-state index in [2.05, 4.69) is 9.80 Å². The average molecular weight is 288 g/mol. The molecule has 0 aromatic heterocycles. The minimum atomic E-state index is 0.0603. The molecule has 21 heavy (non-hydrogen) atoms. The monoisotopic (exact) mass is 288 g/mol. The van der Waals surface area contributed by atoms with Crippen molar-refractivity contribution in [1.29, 1.82) is 0 Å². The summed E-state index contributed by atoms with van der Waals surface area (Å²) in [6.07, 6.45) is 2.69. The predicted octanol–water partition coefficient (Wildman–Crippen LogP) is 2.05. The molecule has 1 unspecified atom stereocenters. The van der Waals surface area contributed by atoms with E-state index >= 15 is 0 Å². The first-order valence-corrected chi connectivity index (χ1v) is 7.93. The molecule has 4 nitrogen and oxygen atoms in total. The van der Waals surface area contributed by atoms with E-state index in [1.807, 2.05) is 24.3 Å². The molecule has 0 N–H and O–H groups in total. The molecule has 3 rings (SSSR count). The van der Waals surface area contributed by atoms with Crippen molar-refractivity contribution in [2.75, 3.05) is 39.3 Å². The highest BCUT2D eigenvalue weighted by Gasteiger charge is 2.30. The lowest BCUT2D eigenvalue weighted by Gasteiger charge is -2.37. The molecule has 2 aliphatic rings. The highest BCUT2D eigenvalue weighted by Crippen LogP contribution is 2.22. The number of piperazine rings is 1. The number of ketones is 1. The molecular formula is C17H24N2O2. The lowest BCUT2D eigenvalue weighted by atomic mass is 10.1. The number of hydrogen-bond acceptors (Lipinski definition) is 4. The van der Waals surface area contributed by atoms with Crippen molar-refractivity contribution in [3.63, 3.8) is 0 Å². The van der Waals surface area contributed by atoms with Crippen molar-refractivity contribution in [3.8, 4) is 5.75 Å². The molecule has 2 heterocycles. The molecule has 1 atom stereocenters. The summed E-state index contributed by atoms with van der Waals surface area (Å²) in [6, 6.07) is 8.26. The van der Waals surface area contributed by atoms with E-state index in [4.69, 9.17) is 4.74 Å². The minimum Gasteiger partial charge on any atom is -0.491 e. The standard InChI is InChI=1S/C17H24N2O2/c1-14(20)16-6-2-3-7-17(16)21-12-11-18-9-10-19-8-4-5-15(19)13-18/h2-3,6-7,15H,4-5,8-13H2,1H3. The van der Waals surface area contributed by atoms with Gasteiger partial charge in [-0.05, 0) is 38.4 Å². The van der Waals surface area contributed by atoms with Crippen LogP contribution in [0, 0.1) is 0 Å². The number of carbonyl (C=O) groups is 1. The second kappa shape index (κ2) is 6.58. The van der Waals surface area contributed by atoms with Crippen molar-refractivity contribution in [3.05, 3.63) is 29.8 Å². The van der Waals surface area contributed by atoms with Gasteiger partial charge in [-0.1, -0.05) is 12.1 Å². The number of ether oxygens (including phenoxy) is 1. The van der Waals surface area contributed by atoms with Gasteiger partial charge in [-0.2, -0.15) is 0 Å². The van der Waals surface area contributed by atoms with Crippen molar-refractivity contribution < 1.29 is 9.53 Å². The summed E-state index contributed by atoms with van der Waals surface area (Å²) >= 11 is 0. The Kier molecular flexibility index (Phi) is 4.56. The smallest absolute Gasteiger partial charge is 0.163 e. The molecule has 0 amide bonds. The fraction of sp³-hybridized carbons (Fsp3) is 0.588. The van der Waals surface area contributed by atoms with Crippen LogP contribution in [0.5, 0.6) is 5.75 Å². The molecule has 1 aromatic carbocycles. The van der Waals surface area contributed by atoms with Crippen molar-refractivity contribution in [2.45, 2.75) is 25.8 Å². The Morgan fingerprint density at radius 1 is 1.29 bits per heavy atom. The summed E-state index contributed by atoms with van der Waals surface area (Å²) in [7, 11) is 0. The first-order chi connectivity index (χ1) is 10.2. The second-order valence-corrected chi connectivity index (χ2v) is 6.03. The van der Waals surface area contributed by atoms with Crippen LogP contribution in [-0.4, -0.2) is 61.0 Å². The second-order valence-electron chi connectivity index (χ2n) is 6.03. The molecule has 2 aliphatic heterocycles. The minimum absolute atomic E-state index is 0.0603. The van der Waals surface area contributed by atoms with Crippen LogP contribution in [0.4, 0.5) is 0 Å². The van der Waals surface area contributed by atoms with Gasteiger partial charge in [0, 0.05) is 32.2 Å². The molecule has 0 radical (unpaired) electrons. The zero-order chi connectivity index (χ0) is 14.7. The maximum Gasteiger partial charge on any atom is 0.163 e. The Bertz CT molecular complexity index is 503. The number of carbonyl (C=O) groups excluding carboxylic acids is 1. The largest absolute Gasteiger partial charge is 0.491 e. The molecule has 2 fully saturated rings. The maximum absolute atomic E-state index is 11.6. The van der Waals surface area contributed by atoms with Gasteiger partial charge >= 0.3 is 0 Å². The van der Waals surface area contributed by atoms with Crippen LogP contribution in [0.15, 0.2) is 24.3 Å². The highest BCUT2D eigenvalue weighted by atomic mass is 16.5. The Labute approximate surface area is 126 Å². The van der Waals surface area contributed by atoms with Crippen LogP contribution in [0.2, 0.25) is 0 Å². The van der Waals surface area contributed by atoms with Gasteiger partial charge in [0.1, 0.15) is 12.4 Å². The number of rotatable bonds is 5. The Morgan fingerprint density at radius 3 is 3.00 bits per heavy atom. The van der Waals surface area contributed by atoms with Crippen molar-refractivity contribution in [2.24, 2.45) is 0 Å². The molecular weight excluding hydrogens is 264 g/mol. The number of nitrogens with zero attached hydrogens (tertiary/aromatic N) is 2. The van der Waals surface area contributed by atoms with E-state index < -0.39 is 0 Å². The summed E-state index contributed by atoms with van der Waals surface area (Å²) in [5, 5.41) is 0. The third kappa shape index (κ3) is 3.44. The van der Waals surface area contributed by atoms with Crippen molar-refractivity contribution >= 4 is 5.78 Å². The van der Waals surface area contributed by atoms with Gasteiger partial charge in [0.25, 0.3) is 0 Å². The molecule has 1 aromatic rings. The van der Waals surface area contributed by atoms with Crippen LogP contribution < -0.4 is 4.74 Å². The third-order valence-electron chi connectivity index (χ3n) is 4.60. The molecule has 4 heteroatoms. The summed E-state index contributed by atoms with van der Waals surface area (Å²) in [5.41, 5.74) is 0.679. The Morgan fingerprint density at radius 2 is 2.14 bits per heavy atom. The SMILES string of the molecule is CC(=O)c1ccccc1OCCN1CCN2CCCC2C1. The number of fused-ring (bicyclic) bond motifs is 1. The lowest BCUT2D eigenvalue weighted by Crippen LogP contribution is -2.50. The molecule has 0 saturated carbocycles. The number of Topliss-reactive ketones (excluding diaryl/α,β-unsaturated/α-hetero) is 1. The van der Waals surface area contributed by atoms with E-state index in [0.717, 1.165) is 25.7 Å². The topological polar surface area (TPSA) is 32.8 Å². The van der Waals surface area contributed by atoms with Gasteiger partial charge in [0.15, 0.2) is 5.78 Å². The van der Waals surface area contributed by atoms with Gasteiger partial charge in [-0.3, -0.25) is 14.6 Å². The highest BCUT2D eigenvalue weighted by molar-refractivity contribution is 5.96. The fourth-order valence-corrected chi connectivity index (χ4v) is 3.43. The quantitative estimate of drug-likeness (QED) is 0.776. The van der Waals surface area contributed by atoms with Gasteiger partial charge < -0.3 is 4.74 Å². The molecule has 2 saturated heterocycles. The molecule has 0 spiro atoms. The lowest BCUT2D eigenvalue weighted by molar-refractivity contribution is 0.0915.